The molecule has 0 aliphatic heterocycles. The fourth-order valence-corrected chi connectivity index (χ4v) is 7.98. The van der Waals surface area contributed by atoms with E-state index in [2.05, 4.69) is 25.9 Å². The van der Waals surface area contributed by atoms with Crippen LogP contribution in [-0.2, 0) is 20.1 Å². The van der Waals surface area contributed by atoms with Gasteiger partial charge in [0.15, 0.2) is 14.0 Å². The number of anilines is 1. The van der Waals surface area contributed by atoms with Crippen LogP contribution in [0.15, 0.2) is 42.5 Å². The Morgan fingerprint density at radius 1 is 0.938 bits per heavy atom. The first-order chi connectivity index (χ1) is 22.2. The van der Waals surface area contributed by atoms with E-state index in [-0.39, 0.29) is 36.3 Å². The summed E-state index contributed by atoms with van der Waals surface area (Å²) in [7, 11) is -2.16. The summed E-state index contributed by atoms with van der Waals surface area (Å²) in [6, 6.07) is 13.9. The normalized spacial score (nSPS) is 13.3. The van der Waals surface area contributed by atoms with E-state index in [4.69, 9.17) is 24.4 Å². The maximum absolute atomic E-state index is 13.8. The molecule has 0 fully saturated rings. The number of rotatable bonds is 12. The molecule has 0 spiro atoms. The minimum Gasteiger partial charge on any atom is -0.492 e. The third kappa shape index (κ3) is 10.4. The largest absolute Gasteiger partial charge is 0.492 e. The van der Waals surface area contributed by atoms with Crippen molar-refractivity contribution in [3.8, 4) is 5.75 Å². The van der Waals surface area contributed by atoms with Crippen LogP contribution in [0.4, 0.5) is 28.4 Å². The van der Waals surface area contributed by atoms with Gasteiger partial charge in [-0.1, -0.05) is 32.9 Å². The number of nitrogens with zero attached hydrogens (tertiary/aromatic N) is 3. The first-order valence-corrected chi connectivity index (χ1v) is 18.7. The maximum atomic E-state index is 13.8. The molecule has 266 valence electrons. The van der Waals surface area contributed by atoms with Crippen LogP contribution in [0.3, 0.4) is 0 Å². The highest BCUT2D eigenvalue weighted by Crippen LogP contribution is 2.36. The highest BCUT2D eigenvalue weighted by molar-refractivity contribution is 6.73. The number of carbonyl (C=O) groups excluding carboxylic acids is 2. The van der Waals surface area contributed by atoms with Crippen LogP contribution in [0.25, 0.3) is 10.9 Å². The lowest BCUT2D eigenvalue weighted by atomic mass is 10.1. The van der Waals surface area contributed by atoms with Crippen molar-refractivity contribution in [2.75, 3.05) is 25.4 Å². The Bertz CT molecular complexity index is 1550. The van der Waals surface area contributed by atoms with E-state index in [1.807, 2.05) is 18.2 Å². The van der Waals surface area contributed by atoms with Gasteiger partial charge in [-0.2, -0.15) is 23.0 Å². The van der Waals surface area contributed by atoms with E-state index in [9.17, 15) is 22.8 Å². The van der Waals surface area contributed by atoms with E-state index >= 15 is 0 Å². The molecule has 3 rings (SSSR count). The van der Waals surface area contributed by atoms with Crippen LogP contribution < -0.4 is 10.5 Å². The second-order valence-electron chi connectivity index (χ2n) is 13.7. The molecule has 0 bridgehead atoms. The molecule has 0 saturated heterocycles. The van der Waals surface area contributed by atoms with Crippen molar-refractivity contribution in [2.45, 2.75) is 104 Å². The van der Waals surface area contributed by atoms with Crippen molar-refractivity contribution in [1.29, 1.82) is 0 Å². The highest BCUT2D eigenvalue weighted by Gasteiger charge is 2.39. The Morgan fingerprint density at radius 3 is 2.10 bits per heavy atom. The monoisotopic (exact) mass is 694 g/mol. The first kappa shape index (κ1) is 38.7. The minimum absolute atomic E-state index is 0.0427. The van der Waals surface area contributed by atoms with Gasteiger partial charge in [-0.25, -0.2) is 9.59 Å². The zero-order chi connectivity index (χ0) is 36.1. The van der Waals surface area contributed by atoms with Gasteiger partial charge in [0, 0.05) is 17.1 Å². The number of amides is 1. The van der Waals surface area contributed by atoms with Gasteiger partial charge < -0.3 is 29.3 Å². The molecule has 0 aliphatic rings. The molecule has 0 saturated carbocycles. The van der Waals surface area contributed by atoms with Crippen LogP contribution in [-0.4, -0.2) is 66.1 Å². The van der Waals surface area contributed by atoms with Gasteiger partial charge in [-0.15, -0.1) is 0 Å². The summed E-state index contributed by atoms with van der Waals surface area (Å²) in [6.07, 6.45) is -6.94. The second-order valence-corrected chi connectivity index (χ2v) is 18.4. The van der Waals surface area contributed by atoms with Gasteiger partial charge in [-0.05, 0) is 89.5 Å². The first-order valence-electron chi connectivity index (χ1n) is 16.2. The van der Waals surface area contributed by atoms with Gasteiger partial charge in [0.25, 0.3) is 0 Å². The van der Waals surface area contributed by atoms with E-state index in [0.29, 0.717) is 10.4 Å². The molecule has 0 unspecified atom stereocenters. The predicted molar refractivity (Wildman–Crippen MR) is 182 cm³/mol. The predicted octanol–water partition coefficient (Wildman–Crippen LogP) is 8.80. The van der Waals surface area contributed by atoms with Crippen molar-refractivity contribution in [2.24, 2.45) is 0 Å². The van der Waals surface area contributed by atoms with Crippen LogP contribution in [0, 0.1) is 0 Å². The SMILES string of the molecule is CC[Si](CC)(CC)O[C@@H](CN(CCOc1ccc2c(C(F)(F)F)nn(C(=O)OC(C)(C)C)c2c1)C(=O)OC(C)(C)C)c1cccc(N)c1. The number of aromatic nitrogens is 2. The second kappa shape index (κ2) is 15.2. The number of hydrogen-bond acceptors (Lipinski definition) is 8. The van der Waals surface area contributed by atoms with Gasteiger partial charge >= 0.3 is 18.4 Å². The molecule has 1 amide bonds. The molecule has 1 atom stereocenters. The quantitative estimate of drug-likeness (QED) is 0.148. The average Bonchev–Trinajstić information content (AvgIpc) is 3.37. The molecule has 3 aromatic rings. The van der Waals surface area contributed by atoms with E-state index in [0.717, 1.165) is 23.7 Å². The standard InChI is InChI=1S/C34H49F3N4O6Si/c1-10-48(11-2,12-3)47-28(23-14-13-15-24(38)20-23)22-40(30(42)45-32(4,5)6)18-19-44-25-16-17-26-27(21-25)41(31(43)46-33(7,8)9)39-29(26)34(35,36)37/h13-17,20-21,28H,10-12,18-19,22,38H2,1-9H3/t28-/m0/s1. The van der Waals surface area contributed by atoms with Crippen molar-refractivity contribution in [3.05, 3.63) is 53.7 Å². The van der Waals surface area contributed by atoms with Crippen LogP contribution in [0.5, 0.6) is 5.75 Å². The molecule has 1 heterocycles. The van der Waals surface area contributed by atoms with Crippen molar-refractivity contribution in [3.63, 3.8) is 0 Å². The Labute approximate surface area is 281 Å². The molecule has 14 heteroatoms. The van der Waals surface area contributed by atoms with Crippen LogP contribution >= 0.6 is 0 Å². The van der Waals surface area contributed by atoms with E-state index < -0.39 is 49.7 Å². The van der Waals surface area contributed by atoms with Crippen molar-refractivity contribution < 1.29 is 41.4 Å². The molecule has 0 radical (unpaired) electrons. The Hall–Kier alpha value is -3.78. The number of nitrogen functional groups attached to an aromatic ring is 1. The lowest BCUT2D eigenvalue weighted by Gasteiger charge is -2.36. The lowest BCUT2D eigenvalue weighted by molar-refractivity contribution is -0.140. The van der Waals surface area contributed by atoms with Crippen LogP contribution in [0.2, 0.25) is 18.1 Å². The van der Waals surface area contributed by atoms with Gasteiger partial charge in [-0.3, -0.25) is 0 Å². The summed E-state index contributed by atoms with van der Waals surface area (Å²) < 4.78 is 65.9. The molecular formula is C34H49F3N4O6Si. The average molecular weight is 695 g/mol. The number of hydrogen-bond donors (Lipinski definition) is 1. The molecular weight excluding hydrogens is 645 g/mol. The third-order valence-corrected chi connectivity index (χ3v) is 12.4. The number of ether oxygens (including phenoxy) is 3. The van der Waals surface area contributed by atoms with Crippen LogP contribution in [0.1, 0.15) is 79.7 Å². The summed E-state index contributed by atoms with van der Waals surface area (Å²) in [5.74, 6) is 0.170. The maximum Gasteiger partial charge on any atom is 0.435 e. The Balaban J connectivity index is 1.94. The summed E-state index contributed by atoms with van der Waals surface area (Å²) >= 11 is 0. The highest BCUT2D eigenvalue weighted by atomic mass is 28.4. The van der Waals surface area contributed by atoms with Crippen molar-refractivity contribution >= 4 is 37.1 Å². The summed E-state index contributed by atoms with van der Waals surface area (Å²) in [4.78, 5) is 27.8. The topological polar surface area (TPSA) is 118 Å². The summed E-state index contributed by atoms with van der Waals surface area (Å²) in [5.41, 5.74) is 4.44. The zero-order valence-corrected chi connectivity index (χ0v) is 30.4. The summed E-state index contributed by atoms with van der Waals surface area (Å²) in [5, 5.41) is 3.26. The number of alkyl halides is 3. The van der Waals surface area contributed by atoms with Gasteiger partial charge in [0.2, 0.25) is 0 Å². The molecule has 0 aliphatic carbocycles. The third-order valence-electron chi connectivity index (χ3n) is 7.76. The number of fused-ring (bicyclic) bond motifs is 1. The van der Waals surface area contributed by atoms with E-state index in [1.165, 1.54) is 23.1 Å². The lowest BCUT2D eigenvalue weighted by Crippen LogP contribution is -2.45. The number of halogens is 3. The zero-order valence-electron chi connectivity index (χ0n) is 29.4. The fourth-order valence-electron chi connectivity index (χ4n) is 5.17. The minimum atomic E-state index is -4.81. The number of nitrogens with two attached hydrogens (primary N) is 1. The number of benzene rings is 2. The Morgan fingerprint density at radius 2 is 1.56 bits per heavy atom. The van der Waals surface area contributed by atoms with Gasteiger partial charge in [0.1, 0.15) is 23.6 Å². The molecule has 48 heavy (non-hydrogen) atoms. The molecule has 1 aromatic heterocycles. The fraction of sp³-hybridized carbons (Fsp3) is 0.559. The molecule has 2 aromatic carbocycles. The van der Waals surface area contributed by atoms with E-state index in [1.54, 1.807) is 47.6 Å². The Kier molecular flexibility index (Phi) is 12.2. The molecule has 2 N–H and O–H groups in total. The number of carbonyl (C=O) groups is 2. The smallest absolute Gasteiger partial charge is 0.435 e. The van der Waals surface area contributed by atoms with Crippen molar-refractivity contribution in [1.82, 2.24) is 14.7 Å². The van der Waals surface area contributed by atoms with Gasteiger partial charge in [0.05, 0.1) is 24.7 Å². The molecule has 10 nitrogen and oxygen atoms in total. The summed E-state index contributed by atoms with van der Waals surface area (Å²) in [6.45, 7) is 16.7.